The van der Waals surface area contributed by atoms with Crippen LogP contribution in [0.25, 0.3) is 0 Å². The fourth-order valence-corrected chi connectivity index (χ4v) is 2.70. The molecule has 104 valence electrons. The maximum absolute atomic E-state index is 11.8. The van der Waals surface area contributed by atoms with Gasteiger partial charge in [-0.2, -0.15) is 0 Å². The van der Waals surface area contributed by atoms with Crippen LogP contribution in [0.3, 0.4) is 0 Å². The molecule has 0 bridgehead atoms. The van der Waals surface area contributed by atoms with Gasteiger partial charge >= 0.3 is 0 Å². The normalized spacial score (nSPS) is 26.9. The Bertz CT molecular complexity index is 286. The molecule has 0 aromatic heterocycles. The third kappa shape index (κ3) is 3.69. The molecule has 0 radical (unpaired) electrons. The Morgan fingerprint density at radius 2 is 1.94 bits per heavy atom. The fraction of sp³-hybridized carbons (Fsp3) is 0.929. The second-order valence-electron chi connectivity index (χ2n) is 5.65. The molecule has 4 nitrogen and oxygen atoms in total. The second kappa shape index (κ2) is 6.02. The molecule has 1 atom stereocenters. The van der Waals surface area contributed by atoms with Crippen LogP contribution >= 0.6 is 0 Å². The quantitative estimate of drug-likeness (QED) is 0.757. The molecule has 1 amide bonds. The van der Waals surface area contributed by atoms with Crippen molar-refractivity contribution in [3.05, 3.63) is 0 Å². The summed E-state index contributed by atoms with van der Waals surface area (Å²) < 4.78 is 5.92. The first-order valence-corrected chi connectivity index (χ1v) is 7.34. The van der Waals surface area contributed by atoms with Gasteiger partial charge in [-0.25, -0.2) is 0 Å². The Hall–Kier alpha value is -0.610. The highest BCUT2D eigenvalue weighted by Gasteiger charge is 2.35. The van der Waals surface area contributed by atoms with E-state index in [-0.39, 0.29) is 17.6 Å². The largest absolute Gasteiger partial charge is 0.375 e. The van der Waals surface area contributed by atoms with Crippen molar-refractivity contribution in [3.8, 4) is 0 Å². The van der Waals surface area contributed by atoms with Crippen LogP contribution in [0.5, 0.6) is 0 Å². The summed E-state index contributed by atoms with van der Waals surface area (Å²) in [6, 6.07) is 0.878. The Morgan fingerprint density at radius 1 is 1.22 bits per heavy atom. The van der Waals surface area contributed by atoms with Crippen molar-refractivity contribution in [2.24, 2.45) is 0 Å². The van der Waals surface area contributed by atoms with Crippen molar-refractivity contribution in [3.63, 3.8) is 0 Å². The van der Waals surface area contributed by atoms with Gasteiger partial charge in [-0.1, -0.05) is 13.8 Å². The Kier molecular flexibility index (Phi) is 4.62. The molecule has 1 heterocycles. The van der Waals surface area contributed by atoms with E-state index in [0.717, 1.165) is 32.3 Å². The van der Waals surface area contributed by atoms with E-state index in [9.17, 15) is 4.79 Å². The summed E-state index contributed by atoms with van der Waals surface area (Å²) in [5.41, 5.74) is -0.0138. The molecule has 2 N–H and O–H groups in total. The molecule has 0 spiro atoms. The Labute approximate surface area is 110 Å². The summed E-state index contributed by atoms with van der Waals surface area (Å²) in [7, 11) is 0. The summed E-state index contributed by atoms with van der Waals surface area (Å²) in [6.07, 6.45) is 6.39. The first-order valence-electron chi connectivity index (χ1n) is 7.34. The van der Waals surface area contributed by atoms with Gasteiger partial charge in [0.25, 0.3) is 0 Å². The molecule has 4 heteroatoms. The van der Waals surface area contributed by atoms with Gasteiger partial charge in [-0.05, 0) is 38.5 Å². The van der Waals surface area contributed by atoms with Crippen LogP contribution in [0.1, 0.15) is 52.4 Å². The van der Waals surface area contributed by atoms with Gasteiger partial charge in [-0.15, -0.1) is 0 Å². The predicted molar refractivity (Wildman–Crippen MR) is 71.5 cm³/mol. The van der Waals surface area contributed by atoms with E-state index in [1.54, 1.807) is 0 Å². The molecule has 1 aliphatic heterocycles. The lowest BCUT2D eigenvalue weighted by atomic mass is 9.86. The van der Waals surface area contributed by atoms with Crippen molar-refractivity contribution < 1.29 is 9.53 Å². The molecule has 2 fully saturated rings. The van der Waals surface area contributed by atoms with Crippen LogP contribution < -0.4 is 10.6 Å². The van der Waals surface area contributed by atoms with Gasteiger partial charge in [0.1, 0.15) is 0 Å². The second-order valence-corrected chi connectivity index (χ2v) is 5.65. The number of nitrogens with one attached hydrogen (secondary N) is 2. The lowest BCUT2D eigenvalue weighted by Crippen LogP contribution is -2.49. The van der Waals surface area contributed by atoms with Crippen molar-refractivity contribution in [2.45, 2.75) is 70.1 Å². The van der Waals surface area contributed by atoms with Gasteiger partial charge in [-0.3, -0.25) is 4.79 Å². The lowest BCUT2D eigenvalue weighted by Gasteiger charge is -2.40. The summed E-state index contributed by atoms with van der Waals surface area (Å²) in [6.45, 7) is 5.57. The molecule has 2 aliphatic rings. The van der Waals surface area contributed by atoms with Gasteiger partial charge in [0.15, 0.2) is 0 Å². The number of hydrogen-bond acceptors (Lipinski definition) is 3. The molecule has 1 saturated carbocycles. The summed E-state index contributed by atoms with van der Waals surface area (Å²) >= 11 is 0. The number of amides is 1. The van der Waals surface area contributed by atoms with E-state index in [4.69, 9.17) is 4.74 Å². The minimum atomic E-state index is -0.0138. The topological polar surface area (TPSA) is 50.4 Å². The van der Waals surface area contributed by atoms with Crippen molar-refractivity contribution in [2.75, 3.05) is 13.2 Å². The lowest BCUT2D eigenvalue weighted by molar-refractivity contribution is -0.125. The van der Waals surface area contributed by atoms with E-state index in [1.807, 2.05) is 0 Å². The van der Waals surface area contributed by atoms with Crippen LogP contribution in [-0.4, -0.2) is 36.7 Å². The van der Waals surface area contributed by atoms with Gasteiger partial charge < -0.3 is 15.4 Å². The van der Waals surface area contributed by atoms with E-state index >= 15 is 0 Å². The van der Waals surface area contributed by atoms with Crippen molar-refractivity contribution in [1.29, 1.82) is 0 Å². The highest BCUT2D eigenvalue weighted by atomic mass is 16.5. The summed E-state index contributed by atoms with van der Waals surface area (Å²) in [5.74, 6) is 0.134. The molecule has 1 unspecified atom stereocenters. The standard InChI is InChI=1S/C14H26N2O2/c1-3-14(4-2)9-12(7-8-18-14)16-13(17)10-15-11-5-6-11/h11-12,15H,3-10H2,1-2H3,(H,16,17). The minimum absolute atomic E-state index is 0.0138. The maximum atomic E-state index is 11.8. The third-order valence-corrected chi connectivity index (χ3v) is 4.28. The number of ether oxygens (including phenoxy) is 1. The number of carbonyl (C=O) groups excluding carboxylic acids is 1. The van der Waals surface area contributed by atoms with E-state index < -0.39 is 0 Å². The van der Waals surface area contributed by atoms with Gasteiger partial charge in [0, 0.05) is 18.7 Å². The van der Waals surface area contributed by atoms with Crippen LogP contribution in [0.15, 0.2) is 0 Å². The van der Waals surface area contributed by atoms with Crippen molar-refractivity contribution in [1.82, 2.24) is 10.6 Å². The van der Waals surface area contributed by atoms with E-state index in [1.165, 1.54) is 12.8 Å². The zero-order valence-corrected chi connectivity index (χ0v) is 11.6. The third-order valence-electron chi connectivity index (χ3n) is 4.28. The van der Waals surface area contributed by atoms with Crippen LogP contribution in [0.2, 0.25) is 0 Å². The zero-order valence-electron chi connectivity index (χ0n) is 11.6. The molecule has 0 aromatic carbocycles. The average molecular weight is 254 g/mol. The van der Waals surface area contributed by atoms with Crippen LogP contribution in [-0.2, 0) is 9.53 Å². The summed E-state index contributed by atoms with van der Waals surface area (Å²) in [5, 5.41) is 6.40. The van der Waals surface area contributed by atoms with Crippen LogP contribution in [0, 0.1) is 0 Å². The molecule has 2 rings (SSSR count). The van der Waals surface area contributed by atoms with Gasteiger partial charge in [0.2, 0.25) is 5.91 Å². The first kappa shape index (κ1) is 13.8. The molecule has 1 saturated heterocycles. The molecule has 0 aromatic rings. The smallest absolute Gasteiger partial charge is 0.234 e. The van der Waals surface area contributed by atoms with E-state index in [0.29, 0.717) is 12.6 Å². The Balaban J connectivity index is 1.75. The monoisotopic (exact) mass is 254 g/mol. The first-order chi connectivity index (χ1) is 8.67. The highest BCUT2D eigenvalue weighted by molar-refractivity contribution is 5.78. The highest BCUT2D eigenvalue weighted by Crippen LogP contribution is 2.31. The fourth-order valence-electron chi connectivity index (χ4n) is 2.70. The molecule has 1 aliphatic carbocycles. The maximum Gasteiger partial charge on any atom is 0.234 e. The minimum Gasteiger partial charge on any atom is -0.375 e. The van der Waals surface area contributed by atoms with Gasteiger partial charge in [0.05, 0.1) is 12.1 Å². The van der Waals surface area contributed by atoms with Crippen LogP contribution in [0.4, 0.5) is 0 Å². The number of carbonyl (C=O) groups is 1. The zero-order chi connectivity index (χ0) is 13.0. The average Bonchev–Trinajstić information content (AvgIpc) is 3.20. The number of hydrogen-bond donors (Lipinski definition) is 2. The SMILES string of the molecule is CCC1(CC)CC(NC(=O)CNC2CC2)CCO1. The Morgan fingerprint density at radius 3 is 2.56 bits per heavy atom. The molecular weight excluding hydrogens is 228 g/mol. The predicted octanol–water partition coefficient (Wildman–Crippen LogP) is 1.59. The van der Waals surface area contributed by atoms with E-state index in [2.05, 4.69) is 24.5 Å². The molecular formula is C14H26N2O2. The molecule has 18 heavy (non-hydrogen) atoms. The summed E-state index contributed by atoms with van der Waals surface area (Å²) in [4.78, 5) is 11.8. The number of rotatable bonds is 6. The van der Waals surface area contributed by atoms with Crippen molar-refractivity contribution >= 4 is 5.91 Å².